The van der Waals surface area contributed by atoms with Crippen LogP contribution in [0, 0.1) is 0 Å². The lowest BCUT2D eigenvalue weighted by Gasteiger charge is -2.40. The molecule has 1 aromatic heterocycles. The maximum absolute atomic E-state index is 12.0. The van der Waals surface area contributed by atoms with Crippen molar-refractivity contribution in [2.24, 2.45) is 0 Å². The van der Waals surface area contributed by atoms with Crippen molar-refractivity contribution in [2.75, 3.05) is 12.4 Å². The molecular formula is C21H22N2O2. The number of benzene rings is 2. The van der Waals surface area contributed by atoms with Crippen molar-refractivity contribution in [2.45, 2.75) is 32.2 Å². The first-order valence-electron chi connectivity index (χ1n) is 8.75. The van der Waals surface area contributed by atoms with Crippen molar-refractivity contribution < 1.29 is 9.53 Å². The van der Waals surface area contributed by atoms with Gasteiger partial charge in [0.15, 0.2) is 0 Å². The zero-order valence-corrected chi connectivity index (χ0v) is 14.8. The topological polar surface area (TPSA) is 43.3 Å². The lowest BCUT2D eigenvalue weighted by molar-refractivity contribution is 0.0601. The van der Waals surface area contributed by atoms with Gasteiger partial charge in [-0.15, -0.1) is 0 Å². The summed E-state index contributed by atoms with van der Waals surface area (Å²) < 4.78 is 7.21. The van der Waals surface area contributed by atoms with E-state index in [9.17, 15) is 4.79 Å². The normalized spacial score (nSPS) is 14.5. The molecule has 2 aromatic carbocycles. The smallest absolute Gasteiger partial charge is 0.337 e. The minimum atomic E-state index is -0.314. The monoisotopic (exact) mass is 334 g/mol. The number of fused-ring (bicyclic) bond motifs is 5. The second-order valence-electron chi connectivity index (χ2n) is 6.56. The van der Waals surface area contributed by atoms with Crippen molar-refractivity contribution >= 4 is 22.6 Å². The lowest BCUT2D eigenvalue weighted by atomic mass is 9.86. The average Bonchev–Trinajstić information content (AvgIpc) is 3.06. The number of nitrogens with one attached hydrogen (secondary N) is 1. The number of hydrogen-bond acceptors (Lipinski definition) is 3. The SMILES string of the molecule is CCC1(CC)Nc2cc(C(=O)OC)ccc2-n2c1cc1ccccc12. The molecule has 4 heteroatoms. The van der Waals surface area contributed by atoms with Crippen molar-refractivity contribution in [3.05, 3.63) is 59.8 Å². The molecule has 0 fully saturated rings. The molecule has 0 amide bonds. The van der Waals surface area contributed by atoms with Gasteiger partial charge in [-0.2, -0.15) is 0 Å². The third kappa shape index (κ3) is 2.17. The molecular weight excluding hydrogens is 312 g/mol. The minimum absolute atomic E-state index is 0.152. The van der Waals surface area contributed by atoms with Crippen molar-refractivity contribution in [3.8, 4) is 5.69 Å². The molecule has 0 spiro atoms. The highest BCUT2D eigenvalue weighted by atomic mass is 16.5. The van der Waals surface area contributed by atoms with Gasteiger partial charge in [-0.3, -0.25) is 0 Å². The van der Waals surface area contributed by atoms with E-state index in [4.69, 9.17) is 4.74 Å². The van der Waals surface area contributed by atoms with Gasteiger partial charge in [0.25, 0.3) is 0 Å². The fraction of sp³-hybridized carbons (Fsp3) is 0.286. The molecule has 4 nitrogen and oxygen atoms in total. The van der Waals surface area contributed by atoms with Crippen LogP contribution in [0.15, 0.2) is 48.5 Å². The Hall–Kier alpha value is -2.75. The Morgan fingerprint density at radius 3 is 2.60 bits per heavy atom. The van der Waals surface area contributed by atoms with Crippen molar-refractivity contribution in [1.29, 1.82) is 0 Å². The second-order valence-corrected chi connectivity index (χ2v) is 6.56. The molecule has 1 aliphatic rings. The number of para-hydroxylation sites is 1. The van der Waals surface area contributed by atoms with E-state index < -0.39 is 0 Å². The number of anilines is 1. The molecule has 25 heavy (non-hydrogen) atoms. The minimum Gasteiger partial charge on any atom is -0.465 e. The Morgan fingerprint density at radius 2 is 1.88 bits per heavy atom. The van der Waals surface area contributed by atoms with Gasteiger partial charge in [-0.05, 0) is 43.2 Å². The third-order valence-electron chi connectivity index (χ3n) is 5.44. The molecule has 0 saturated carbocycles. The zero-order valence-electron chi connectivity index (χ0n) is 14.8. The highest BCUT2D eigenvalue weighted by molar-refractivity contribution is 5.93. The molecule has 0 atom stereocenters. The summed E-state index contributed by atoms with van der Waals surface area (Å²) in [7, 11) is 1.41. The molecule has 2 heterocycles. The van der Waals surface area contributed by atoms with Crippen LogP contribution in [-0.4, -0.2) is 17.6 Å². The summed E-state index contributed by atoms with van der Waals surface area (Å²) in [5.41, 5.74) is 4.92. The summed E-state index contributed by atoms with van der Waals surface area (Å²) >= 11 is 0. The third-order valence-corrected chi connectivity index (χ3v) is 5.44. The maximum atomic E-state index is 12.0. The quantitative estimate of drug-likeness (QED) is 0.696. The van der Waals surface area contributed by atoms with E-state index in [0.29, 0.717) is 5.56 Å². The Morgan fingerprint density at radius 1 is 1.12 bits per heavy atom. The largest absolute Gasteiger partial charge is 0.465 e. The van der Waals surface area contributed by atoms with Gasteiger partial charge in [-0.25, -0.2) is 4.79 Å². The first kappa shape index (κ1) is 15.8. The van der Waals surface area contributed by atoms with Crippen LogP contribution in [0.1, 0.15) is 42.7 Å². The summed E-state index contributed by atoms with van der Waals surface area (Å²) in [5, 5.41) is 4.95. The molecule has 0 bridgehead atoms. The number of rotatable bonds is 3. The van der Waals surface area contributed by atoms with Crippen molar-refractivity contribution in [1.82, 2.24) is 4.57 Å². The zero-order chi connectivity index (χ0) is 17.6. The van der Waals surface area contributed by atoms with Crippen LogP contribution in [0.25, 0.3) is 16.6 Å². The van der Waals surface area contributed by atoms with Crippen LogP contribution in [0.3, 0.4) is 0 Å². The molecule has 0 radical (unpaired) electrons. The van der Waals surface area contributed by atoms with Gasteiger partial charge >= 0.3 is 5.97 Å². The molecule has 128 valence electrons. The Labute approximate surface area is 147 Å². The van der Waals surface area contributed by atoms with Gasteiger partial charge in [0, 0.05) is 11.1 Å². The Kier molecular flexibility index (Phi) is 3.57. The summed E-state index contributed by atoms with van der Waals surface area (Å²) in [6.45, 7) is 4.40. The molecule has 3 aromatic rings. The van der Waals surface area contributed by atoms with Crippen LogP contribution in [0.5, 0.6) is 0 Å². The summed E-state index contributed by atoms with van der Waals surface area (Å²) in [6, 6.07) is 16.5. The first-order chi connectivity index (χ1) is 12.1. The highest BCUT2D eigenvalue weighted by Crippen LogP contribution is 2.44. The van der Waals surface area contributed by atoms with Crippen LogP contribution < -0.4 is 5.32 Å². The number of methoxy groups -OCH3 is 1. The molecule has 4 rings (SSSR count). The number of carbonyl (C=O) groups is 1. The van der Waals surface area contributed by atoms with E-state index in [1.165, 1.54) is 23.7 Å². The maximum Gasteiger partial charge on any atom is 0.337 e. The summed E-state index contributed by atoms with van der Waals surface area (Å²) in [5.74, 6) is -0.314. The van der Waals surface area contributed by atoms with Crippen LogP contribution in [0.4, 0.5) is 5.69 Å². The van der Waals surface area contributed by atoms with Crippen LogP contribution >= 0.6 is 0 Å². The van der Waals surface area contributed by atoms with Crippen molar-refractivity contribution in [3.63, 3.8) is 0 Å². The molecule has 1 aliphatic heterocycles. The number of carbonyl (C=O) groups excluding carboxylic acids is 1. The highest BCUT2D eigenvalue weighted by Gasteiger charge is 2.37. The predicted octanol–water partition coefficient (Wildman–Crippen LogP) is 4.86. The van der Waals surface area contributed by atoms with Gasteiger partial charge < -0.3 is 14.6 Å². The standard InChI is InChI=1S/C21H22N2O2/c1-4-21(5-2)19-13-14-8-6-7-9-17(14)23(19)18-11-10-15(20(24)25-3)12-16(18)22-21/h6-13,22H,4-5H2,1-3H3. The summed E-state index contributed by atoms with van der Waals surface area (Å²) in [6.07, 6.45) is 1.92. The number of aromatic nitrogens is 1. The van der Waals surface area contributed by atoms with E-state index in [1.807, 2.05) is 18.2 Å². The molecule has 0 saturated heterocycles. The van der Waals surface area contributed by atoms with Crippen LogP contribution in [-0.2, 0) is 10.3 Å². The lowest BCUT2D eigenvalue weighted by Crippen LogP contribution is -2.39. The number of hydrogen-bond donors (Lipinski definition) is 1. The molecule has 0 aliphatic carbocycles. The van der Waals surface area contributed by atoms with Gasteiger partial charge in [0.2, 0.25) is 0 Å². The van der Waals surface area contributed by atoms with E-state index in [0.717, 1.165) is 24.2 Å². The number of nitrogens with zero attached hydrogens (tertiary/aromatic N) is 1. The van der Waals surface area contributed by atoms with Crippen LogP contribution in [0.2, 0.25) is 0 Å². The Bertz CT molecular complexity index is 967. The fourth-order valence-electron chi connectivity index (χ4n) is 3.95. The van der Waals surface area contributed by atoms with Gasteiger partial charge in [0.05, 0.1) is 35.1 Å². The second kappa shape index (κ2) is 5.66. The van der Waals surface area contributed by atoms with Gasteiger partial charge in [0.1, 0.15) is 0 Å². The van der Waals surface area contributed by atoms with E-state index in [2.05, 4.69) is 54.1 Å². The summed E-state index contributed by atoms with van der Waals surface area (Å²) in [4.78, 5) is 12.0. The van der Waals surface area contributed by atoms with E-state index in [1.54, 1.807) is 0 Å². The predicted molar refractivity (Wildman–Crippen MR) is 100 cm³/mol. The first-order valence-corrected chi connectivity index (χ1v) is 8.75. The number of ether oxygens (including phenoxy) is 1. The fourth-order valence-corrected chi connectivity index (χ4v) is 3.95. The molecule has 0 unspecified atom stereocenters. The van der Waals surface area contributed by atoms with Gasteiger partial charge in [-0.1, -0.05) is 32.0 Å². The number of esters is 1. The van der Waals surface area contributed by atoms with E-state index >= 15 is 0 Å². The average molecular weight is 334 g/mol. The Balaban J connectivity index is 2.03. The molecule has 1 N–H and O–H groups in total. The van der Waals surface area contributed by atoms with E-state index in [-0.39, 0.29) is 11.5 Å².